The Kier molecular flexibility index (Phi) is 3.84. The molecule has 0 atom stereocenters. The zero-order valence-corrected chi connectivity index (χ0v) is 12.1. The molecule has 0 aliphatic rings. The van der Waals surface area contributed by atoms with Crippen molar-refractivity contribution >= 4 is 17.3 Å². The summed E-state index contributed by atoms with van der Waals surface area (Å²) in [6.45, 7) is 0. The molecule has 0 unspecified atom stereocenters. The van der Waals surface area contributed by atoms with Crippen molar-refractivity contribution in [1.29, 1.82) is 5.41 Å². The molecule has 0 amide bonds. The van der Waals surface area contributed by atoms with E-state index in [1.807, 2.05) is 30.3 Å². The summed E-state index contributed by atoms with van der Waals surface area (Å²) in [6, 6.07) is 12.7. The average molecular weight is 306 g/mol. The summed E-state index contributed by atoms with van der Waals surface area (Å²) in [6.07, 6.45) is 2.78. The number of anilines is 2. The molecule has 0 aliphatic carbocycles. The number of para-hydroxylation sites is 1. The molecule has 0 fully saturated rings. The van der Waals surface area contributed by atoms with Crippen LogP contribution in [-0.2, 0) is 0 Å². The lowest BCUT2D eigenvalue weighted by molar-refractivity contribution is 0.463. The topological polar surface area (TPSA) is 124 Å². The first-order chi connectivity index (χ1) is 11.1. The fraction of sp³-hybridized carbons (Fsp3) is 0. The predicted octanol–water partition coefficient (Wildman–Crippen LogP) is 2.24. The highest BCUT2D eigenvalue weighted by Crippen LogP contribution is 2.22. The minimum absolute atomic E-state index is 0.111. The largest absolute Gasteiger partial charge is 0.439 e. The van der Waals surface area contributed by atoms with E-state index >= 15 is 0 Å². The molecule has 1 aromatic carbocycles. The molecule has 3 rings (SSSR count). The smallest absolute Gasteiger partial charge is 0.219 e. The Balaban J connectivity index is 1.83. The van der Waals surface area contributed by atoms with Crippen LogP contribution in [-0.4, -0.2) is 20.7 Å². The Labute approximate surface area is 132 Å². The number of pyridine rings is 1. The standard InChI is InChI=1S/C16H14N6O/c17-14(13-15(18)21-9-22-16(13)19)10-6-7-12(20-8-10)23-11-4-2-1-3-5-11/h1-9,17H,(H4,18,19,21,22). The Bertz CT molecular complexity index is 813. The Morgan fingerprint density at radius 1 is 0.913 bits per heavy atom. The number of hydrogen-bond donors (Lipinski definition) is 3. The van der Waals surface area contributed by atoms with E-state index in [1.165, 1.54) is 12.5 Å². The molecular weight excluding hydrogens is 292 g/mol. The van der Waals surface area contributed by atoms with E-state index in [0.717, 1.165) is 0 Å². The summed E-state index contributed by atoms with van der Waals surface area (Å²) >= 11 is 0. The minimum Gasteiger partial charge on any atom is -0.439 e. The molecule has 23 heavy (non-hydrogen) atoms. The van der Waals surface area contributed by atoms with Gasteiger partial charge in [0.2, 0.25) is 5.88 Å². The fourth-order valence-electron chi connectivity index (χ4n) is 2.01. The molecule has 2 heterocycles. The van der Waals surface area contributed by atoms with Crippen LogP contribution in [0.25, 0.3) is 0 Å². The molecule has 5 N–H and O–H groups in total. The normalized spacial score (nSPS) is 10.3. The van der Waals surface area contributed by atoms with Gasteiger partial charge in [-0.25, -0.2) is 15.0 Å². The van der Waals surface area contributed by atoms with Crippen LogP contribution in [0.4, 0.5) is 11.6 Å². The number of nitrogen functional groups attached to an aromatic ring is 2. The van der Waals surface area contributed by atoms with Gasteiger partial charge in [0, 0.05) is 17.8 Å². The molecule has 3 aromatic rings. The van der Waals surface area contributed by atoms with Crippen LogP contribution in [0.15, 0.2) is 55.0 Å². The number of aromatic nitrogens is 3. The number of benzene rings is 1. The molecule has 0 spiro atoms. The molecule has 7 nitrogen and oxygen atoms in total. The van der Waals surface area contributed by atoms with Crippen molar-refractivity contribution in [2.75, 3.05) is 11.5 Å². The second-order valence-corrected chi connectivity index (χ2v) is 4.69. The molecular formula is C16H14N6O. The maximum absolute atomic E-state index is 8.22. The van der Waals surface area contributed by atoms with Crippen molar-refractivity contribution in [3.8, 4) is 11.6 Å². The number of hydrogen-bond acceptors (Lipinski definition) is 7. The first-order valence-corrected chi connectivity index (χ1v) is 6.79. The van der Waals surface area contributed by atoms with Gasteiger partial charge in [-0.3, -0.25) is 5.41 Å². The molecule has 0 aliphatic heterocycles. The first kappa shape index (κ1) is 14.5. The van der Waals surface area contributed by atoms with E-state index in [4.69, 9.17) is 21.6 Å². The lowest BCUT2D eigenvalue weighted by Crippen LogP contribution is -2.12. The van der Waals surface area contributed by atoms with E-state index in [2.05, 4.69) is 15.0 Å². The van der Waals surface area contributed by atoms with Crippen molar-refractivity contribution in [3.05, 3.63) is 66.1 Å². The summed E-state index contributed by atoms with van der Waals surface area (Å²) in [5.41, 5.74) is 12.5. The highest BCUT2D eigenvalue weighted by atomic mass is 16.5. The SMILES string of the molecule is N=C(c1ccc(Oc2ccccc2)nc1)c1c(N)ncnc1N. The summed E-state index contributed by atoms with van der Waals surface area (Å²) in [5.74, 6) is 1.44. The second kappa shape index (κ2) is 6.10. The maximum Gasteiger partial charge on any atom is 0.219 e. The summed E-state index contributed by atoms with van der Waals surface area (Å²) in [4.78, 5) is 11.9. The average Bonchev–Trinajstić information content (AvgIpc) is 2.56. The second-order valence-electron chi connectivity index (χ2n) is 4.69. The maximum atomic E-state index is 8.22. The van der Waals surface area contributed by atoms with Gasteiger partial charge in [-0.15, -0.1) is 0 Å². The third kappa shape index (κ3) is 3.08. The van der Waals surface area contributed by atoms with Crippen LogP contribution >= 0.6 is 0 Å². The molecule has 0 bridgehead atoms. The van der Waals surface area contributed by atoms with Gasteiger partial charge in [0.05, 0.1) is 11.3 Å². The van der Waals surface area contributed by atoms with Crippen LogP contribution in [0.3, 0.4) is 0 Å². The predicted molar refractivity (Wildman–Crippen MR) is 87.5 cm³/mol. The number of ether oxygens (including phenoxy) is 1. The Morgan fingerprint density at radius 3 is 2.22 bits per heavy atom. The lowest BCUT2D eigenvalue weighted by atomic mass is 10.1. The van der Waals surface area contributed by atoms with Crippen LogP contribution in [0.1, 0.15) is 11.1 Å². The molecule has 0 radical (unpaired) electrons. The van der Waals surface area contributed by atoms with E-state index in [0.29, 0.717) is 22.8 Å². The van der Waals surface area contributed by atoms with E-state index < -0.39 is 0 Å². The molecule has 2 aromatic heterocycles. The van der Waals surface area contributed by atoms with E-state index in [1.54, 1.807) is 12.1 Å². The van der Waals surface area contributed by atoms with Crippen molar-refractivity contribution < 1.29 is 4.74 Å². The van der Waals surface area contributed by atoms with Crippen LogP contribution in [0.5, 0.6) is 11.6 Å². The Morgan fingerprint density at radius 2 is 1.61 bits per heavy atom. The van der Waals surface area contributed by atoms with Gasteiger partial charge in [-0.1, -0.05) is 18.2 Å². The van der Waals surface area contributed by atoms with Crippen LogP contribution < -0.4 is 16.2 Å². The number of rotatable bonds is 4. The van der Waals surface area contributed by atoms with Gasteiger partial charge in [0.15, 0.2) is 0 Å². The zero-order chi connectivity index (χ0) is 16.2. The van der Waals surface area contributed by atoms with Crippen molar-refractivity contribution in [3.63, 3.8) is 0 Å². The third-order valence-corrected chi connectivity index (χ3v) is 3.15. The van der Waals surface area contributed by atoms with Gasteiger partial charge in [-0.05, 0) is 18.2 Å². The van der Waals surface area contributed by atoms with Gasteiger partial charge in [-0.2, -0.15) is 0 Å². The number of nitrogens with zero attached hydrogens (tertiary/aromatic N) is 3. The summed E-state index contributed by atoms with van der Waals surface area (Å²) < 4.78 is 5.61. The summed E-state index contributed by atoms with van der Waals surface area (Å²) in [5, 5.41) is 8.22. The molecule has 0 saturated heterocycles. The van der Waals surface area contributed by atoms with Crippen molar-refractivity contribution in [2.24, 2.45) is 0 Å². The molecule has 114 valence electrons. The quantitative estimate of drug-likeness (QED) is 0.635. The highest BCUT2D eigenvalue weighted by Gasteiger charge is 2.14. The van der Waals surface area contributed by atoms with E-state index in [9.17, 15) is 0 Å². The zero-order valence-electron chi connectivity index (χ0n) is 12.1. The monoisotopic (exact) mass is 306 g/mol. The summed E-state index contributed by atoms with van der Waals surface area (Å²) in [7, 11) is 0. The Hall–Kier alpha value is -3.48. The molecule has 7 heteroatoms. The van der Waals surface area contributed by atoms with Crippen molar-refractivity contribution in [1.82, 2.24) is 15.0 Å². The van der Waals surface area contributed by atoms with Crippen molar-refractivity contribution in [2.45, 2.75) is 0 Å². The van der Waals surface area contributed by atoms with Crippen LogP contribution in [0, 0.1) is 5.41 Å². The lowest BCUT2D eigenvalue weighted by Gasteiger charge is -2.09. The van der Waals surface area contributed by atoms with Crippen LogP contribution in [0.2, 0.25) is 0 Å². The van der Waals surface area contributed by atoms with Gasteiger partial charge >= 0.3 is 0 Å². The number of nitrogens with two attached hydrogens (primary N) is 2. The van der Waals surface area contributed by atoms with Gasteiger partial charge < -0.3 is 16.2 Å². The third-order valence-electron chi connectivity index (χ3n) is 3.15. The van der Waals surface area contributed by atoms with Gasteiger partial charge in [0.1, 0.15) is 23.7 Å². The highest BCUT2D eigenvalue weighted by molar-refractivity contribution is 6.15. The number of nitrogens with one attached hydrogen (secondary N) is 1. The minimum atomic E-state index is 0.111. The first-order valence-electron chi connectivity index (χ1n) is 6.79. The van der Waals surface area contributed by atoms with E-state index in [-0.39, 0.29) is 17.3 Å². The molecule has 0 saturated carbocycles. The van der Waals surface area contributed by atoms with Gasteiger partial charge in [0.25, 0.3) is 0 Å². The fourth-order valence-corrected chi connectivity index (χ4v) is 2.01.